The second kappa shape index (κ2) is 15.8. The van der Waals surface area contributed by atoms with E-state index in [1.807, 2.05) is 59.5 Å². The SMILES string of the molecule is CCCC(C(=O)NC1CCCC1)C(CC(C)C)C(=O)N[C@H]1CCCCN(Cc2cccc(Oc3ccccc3)c2)C1=O. The zero-order valence-corrected chi connectivity index (χ0v) is 25.6. The molecule has 2 aromatic carbocycles. The number of hydrogen-bond acceptors (Lipinski definition) is 4. The second-order valence-electron chi connectivity index (χ2n) is 12.5. The third-order valence-corrected chi connectivity index (χ3v) is 8.53. The Morgan fingerprint density at radius 2 is 1.57 bits per heavy atom. The van der Waals surface area contributed by atoms with Gasteiger partial charge in [-0.05, 0) is 80.7 Å². The summed E-state index contributed by atoms with van der Waals surface area (Å²) < 4.78 is 6.00. The normalized spacial score (nSPS) is 19.3. The van der Waals surface area contributed by atoms with Crippen molar-refractivity contribution in [1.29, 1.82) is 0 Å². The highest BCUT2D eigenvalue weighted by molar-refractivity contribution is 5.91. The maximum atomic E-state index is 13.9. The summed E-state index contributed by atoms with van der Waals surface area (Å²) in [6, 6.07) is 17.1. The van der Waals surface area contributed by atoms with Gasteiger partial charge in [0.15, 0.2) is 0 Å². The number of carbonyl (C=O) groups excluding carboxylic acids is 3. The molecule has 0 aromatic heterocycles. The molecule has 2 unspecified atom stereocenters. The molecule has 7 heteroatoms. The van der Waals surface area contributed by atoms with Crippen LogP contribution in [0.5, 0.6) is 11.5 Å². The number of ether oxygens (including phenoxy) is 1. The highest BCUT2D eigenvalue weighted by atomic mass is 16.5. The van der Waals surface area contributed by atoms with Crippen LogP contribution in [-0.4, -0.2) is 41.2 Å². The highest BCUT2D eigenvalue weighted by Gasteiger charge is 2.37. The third kappa shape index (κ3) is 9.07. The summed E-state index contributed by atoms with van der Waals surface area (Å²) in [5.41, 5.74) is 0.980. The molecule has 42 heavy (non-hydrogen) atoms. The van der Waals surface area contributed by atoms with Crippen LogP contribution in [0.1, 0.15) is 90.5 Å². The summed E-state index contributed by atoms with van der Waals surface area (Å²) in [6.45, 7) is 7.34. The minimum absolute atomic E-state index is 0.00373. The number of rotatable bonds is 13. The summed E-state index contributed by atoms with van der Waals surface area (Å²) in [6.07, 6.45) is 8.78. The molecule has 4 rings (SSSR count). The predicted octanol–water partition coefficient (Wildman–Crippen LogP) is 6.61. The number of benzene rings is 2. The molecular weight excluding hydrogens is 526 g/mol. The largest absolute Gasteiger partial charge is 0.457 e. The van der Waals surface area contributed by atoms with E-state index in [9.17, 15) is 14.4 Å². The topological polar surface area (TPSA) is 87.7 Å². The molecule has 3 atom stereocenters. The van der Waals surface area contributed by atoms with Gasteiger partial charge in [0.2, 0.25) is 17.7 Å². The molecule has 2 aromatic rings. The molecule has 0 spiro atoms. The smallest absolute Gasteiger partial charge is 0.245 e. The van der Waals surface area contributed by atoms with Gasteiger partial charge in [0.25, 0.3) is 0 Å². The first-order chi connectivity index (χ1) is 20.3. The van der Waals surface area contributed by atoms with Crippen LogP contribution in [0.25, 0.3) is 0 Å². The van der Waals surface area contributed by atoms with Crippen LogP contribution < -0.4 is 15.4 Å². The molecule has 1 saturated carbocycles. The molecule has 1 aliphatic heterocycles. The number of carbonyl (C=O) groups is 3. The van der Waals surface area contributed by atoms with Gasteiger partial charge in [-0.3, -0.25) is 14.4 Å². The van der Waals surface area contributed by atoms with Crippen LogP contribution in [0.15, 0.2) is 54.6 Å². The van der Waals surface area contributed by atoms with Crippen molar-refractivity contribution in [1.82, 2.24) is 15.5 Å². The fraction of sp³-hybridized carbons (Fsp3) is 0.571. The van der Waals surface area contributed by atoms with Crippen molar-refractivity contribution in [2.24, 2.45) is 17.8 Å². The fourth-order valence-corrected chi connectivity index (χ4v) is 6.39. The van der Waals surface area contributed by atoms with E-state index in [4.69, 9.17) is 4.74 Å². The summed E-state index contributed by atoms with van der Waals surface area (Å²) in [4.78, 5) is 42.9. The molecule has 2 fully saturated rings. The van der Waals surface area contributed by atoms with Crippen LogP contribution in [0.2, 0.25) is 0 Å². The summed E-state index contributed by atoms with van der Waals surface area (Å²) >= 11 is 0. The van der Waals surface area contributed by atoms with E-state index in [1.54, 1.807) is 0 Å². The van der Waals surface area contributed by atoms with Crippen molar-refractivity contribution in [3.05, 3.63) is 60.2 Å². The van der Waals surface area contributed by atoms with Crippen LogP contribution in [0, 0.1) is 17.8 Å². The lowest BCUT2D eigenvalue weighted by Crippen LogP contribution is -2.51. The van der Waals surface area contributed by atoms with E-state index in [1.165, 1.54) is 0 Å². The first-order valence-corrected chi connectivity index (χ1v) is 16.1. The first kappa shape index (κ1) is 31.6. The van der Waals surface area contributed by atoms with Gasteiger partial charge in [0, 0.05) is 31.0 Å². The molecule has 3 amide bonds. The van der Waals surface area contributed by atoms with Gasteiger partial charge in [-0.15, -0.1) is 0 Å². The lowest BCUT2D eigenvalue weighted by Gasteiger charge is -2.30. The minimum atomic E-state index is -0.585. The number of nitrogens with zero attached hydrogens (tertiary/aromatic N) is 1. The summed E-state index contributed by atoms with van der Waals surface area (Å²) in [5.74, 6) is 0.674. The van der Waals surface area contributed by atoms with Crippen molar-refractivity contribution in [2.75, 3.05) is 6.54 Å². The van der Waals surface area contributed by atoms with Crippen LogP contribution >= 0.6 is 0 Å². The van der Waals surface area contributed by atoms with E-state index >= 15 is 0 Å². The minimum Gasteiger partial charge on any atom is -0.457 e. The molecule has 1 aliphatic carbocycles. The van der Waals surface area contributed by atoms with Crippen LogP contribution in [-0.2, 0) is 20.9 Å². The summed E-state index contributed by atoms with van der Waals surface area (Å²) in [5, 5.41) is 6.37. The number of likely N-dealkylation sites (tertiary alicyclic amines) is 1. The monoisotopic (exact) mass is 575 g/mol. The van der Waals surface area contributed by atoms with E-state index < -0.39 is 12.0 Å². The molecule has 2 N–H and O–H groups in total. The van der Waals surface area contributed by atoms with Gasteiger partial charge in [-0.25, -0.2) is 0 Å². The first-order valence-electron chi connectivity index (χ1n) is 16.1. The van der Waals surface area contributed by atoms with Gasteiger partial charge in [0.05, 0.1) is 0 Å². The van der Waals surface area contributed by atoms with E-state index in [2.05, 4.69) is 31.4 Å². The van der Waals surface area contributed by atoms with Gasteiger partial charge in [-0.2, -0.15) is 0 Å². The number of amides is 3. The Bertz CT molecular complexity index is 1160. The lowest BCUT2D eigenvalue weighted by atomic mass is 9.81. The van der Waals surface area contributed by atoms with Crippen LogP contribution in [0.4, 0.5) is 0 Å². The van der Waals surface area contributed by atoms with E-state index in [0.717, 1.165) is 62.0 Å². The molecule has 228 valence electrons. The predicted molar refractivity (Wildman–Crippen MR) is 166 cm³/mol. The molecular formula is C35H49N3O4. The average Bonchev–Trinajstić information content (AvgIpc) is 3.42. The Labute approximate surface area is 251 Å². The zero-order valence-electron chi connectivity index (χ0n) is 25.6. The Balaban J connectivity index is 1.44. The lowest BCUT2D eigenvalue weighted by molar-refractivity contribution is -0.140. The maximum Gasteiger partial charge on any atom is 0.245 e. The van der Waals surface area contributed by atoms with Crippen molar-refractivity contribution >= 4 is 17.7 Å². The molecule has 1 heterocycles. The van der Waals surface area contributed by atoms with Gasteiger partial charge < -0.3 is 20.3 Å². The molecule has 0 radical (unpaired) electrons. The number of hydrogen-bond donors (Lipinski definition) is 2. The van der Waals surface area contributed by atoms with Crippen molar-refractivity contribution in [3.63, 3.8) is 0 Å². The van der Waals surface area contributed by atoms with Gasteiger partial charge in [0.1, 0.15) is 17.5 Å². The number of para-hydroxylation sites is 1. The Kier molecular flexibility index (Phi) is 11.8. The van der Waals surface area contributed by atoms with Crippen molar-refractivity contribution in [2.45, 2.75) is 104 Å². The average molecular weight is 576 g/mol. The quantitative estimate of drug-likeness (QED) is 0.281. The maximum absolute atomic E-state index is 13.9. The standard InChI is InChI=1S/C35H49N3O4/c1-4-13-30(33(39)36-27-15-8-9-16-27)31(22-25(2)3)34(40)37-32-20-10-11-21-38(35(32)41)24-26-14-12-19-29(23-26)42-28-17-6-5-7-18-28/h5-7,12,14,17-19,23,25,27,30-32H,4,8-11,13,15-16,20-22,24H2,1-3H3,(H,36,39)(H,37,40)/t30?,31?,32-/m0/s1. The molecule has 1 saturated heterocycles. The van der Waals surface area contributed by atoms with E-state index in [-0.39, 0.29) is 35.6 Å². The van der Waals surface area contributed by atoms with Crippen molar-refractivity contribution < 1.29 is 19.1 Å². The summed E-state index contributed by atoms with van der Waals surface area (Å²) in [7, 11) is 0. The van der Waals surface area contributed by atoms with Gasteiger partial charge in [-0.1, -0.05) is 70.4 Å². The Morgan fingerprint density at radius 1 is 0.881 bits per heavy atom. The second-order valence-corrected chi connectivity index (χ2v) is 12.5. The van der Waals surface area contributed by atoms with Gasteiger partial charge >= 0.3 is 0 Å². The van der Waals surface area contributed by atoms with E-state index in [0.29, 0.717) is 32.4 Å². The molecule has 2 aliphatic rings. The highest BCUT2D eigenvalue weighted by Crippen LogP contribution is 2.28. The number of nitrogens with one attached hydrogen (secondary N) is 2. The Hall–Kier alpha value is -3.35. The zero-order chi connectivity index (χ0) is 29.9. The van der Waals surface area contributed by atoms with Crippen molar-refractivity contribution in [3.8, 4) is 11.5 Å². The third-order valence-electron chi connectivity index (χ3n) is 8.53. The Morgan fingerprint density at radius 3 is 2.29 bits per heavy atom. The molecule has 7 nitrogen and oxygen atoms in total. The fourth-order valence-electron chi connectivity index (χ4n) is 6.39. The van der Waals surface area contributed by atoms with Crippen LogP contribution in [0.3, 0.4) is 0 Å². The molecule has 0 bridgehead atoms.